The predicted molar refractivity (Wildman–Crippen MR) is 79.0 cm³/mol. The fourth-order valence-electron chi connectivity index (χ4n) is 2.51. The summed E-state index contributed by atoms with van der Waals surface area (Å²) in [5.41, 5.74) is 1.80. The van der Waals surface area contributed by atoms with Gasteiger partial charge in [0.1, 0.15) is 5.82 Å². The quantitative estimate of drug-likeness (QED) is 0.845. The van der Waals surface area contributed by atoms with Crippen molar-refractivity contribution in [2.75, 3.05) is 11.9 Å². The molecule has 0 amide bonds. The number of anilines is 1. The molecule has 0 radical (unpaired) electrons. The first-order valence-corrected chi connectivity index (χ1v) is 7.24. The second-order valence-electron chi connectivity index (χ2n) is 5.97. The Balaban J connectivity index is 2.20. The normalized spacial score (nSPS) is 16.7. The Hall–Kier alpha value is -1.09. The molecule has 0 aliphatic heterocycles. The smallest absolute Gasteiger partial charge is 0.146 e. The highest BCUT2D eigenvalue weighted by Gasteiger charge is 2.32. The predicted octanol–water partition coefficient (Wildman–Crippen LogP) is 3.56. The summed E-state index contributed by atoms with van der Waals surface area (Å²) in [6, 6.07) is 6.19. The largest absolute Gasteiger partial charge is 0.369 e. The zero-order valence-electron chi connectivity index (χ0n) is 12.4. The zero-order valence-corrected chi connectivity index (χ0v) is 12.4. The van der Waals surface area contributed by atoms with Crippen molar-refractivity contribution in [3.05, 3.63) is 29.6 Å². The van der Waals surface area contributed by atoms with Crippen molar-refractivity contribution in [2.45, 2.75) is 52.2 Å². The van der Waals surface area contributed by atoms with Crippen LogP contribution in [-0.2, 0) is 6.54 Å². The van der Waals surface area contributed by atoms with Crippen molar-refractivity contribution in [3.8, 4) is 0 Å². The molecule has 0 spiro atoms. The van der Waals surface area contributed by atoms with Crippen LogP contribution in [0.3, 0.4) is 0 Å². The summed E-state index contributed by atoms with van der Waals surface area (Å²) < 4.78 is 14.2. The van der Waals surface area contributed by atoms with Gasteiger partial charge in [-0.15, -0.1) is 0 Å². The molecular weight excluding hydrogens is 239 g/mol. The summed E-state index contributed by atoms with van der Waals surface area (Å²) in [5.74, 6) is 0.619. The lowest BCUT2D eigenvalue weighted by molar-refractivity contribution is 0.559. The highest BCUT2D eigenvalue weighted by molar-refractivity contribution is 5.55. The number of benzene rings is 1. The van der Waals surface area contributed by atoms with Gasteiger partial charge in [-0.05, 0) is 37.3 Å². The third kappa shape index (κ3) is 3.47. The van der Waals surface area contributed by atoms with E-state index in [0.717, 1.165) is 17.2 Å². The van der Waals surface area contributed by atoms with Gasteiger partial charge in [0.05, 0.1) is 5.69 Å². The number of nitrogens with one attached hydrogen (secondary N) is 1. The Morgan fingerprint density at radius 1 is 1.32 bits per heavy atom. The van der Waals surface area contributed by atoms with Crippen molar-refractivity contribution in [2.24, 2.45) is 5.92 Å². The third-order valence-electron chi connectivity index (χ3n) is 4.04. The van der Waals surface area contributed by atoms with E-state index in [9.17, 15) is 4.39 Å². The molecule has 3 heteroatoms. The molecule has 1 aliphatic carbocycles. The number of nitrogens with zero attached hydrogens (tertiary/aromatic N) is 1. The lowest BCUT2D eigenvalue weighted by Crippen LogP contribution is -2.33. The minimum absolute atomic E-state index is 0.113. The first-order valence-electron chi connectivity index (χ1n) is 7.24. The number of halogens is 1. The maximum atomic E-state index is 14.2. The minimum atomic E-state index is -0.113. The van der Waals surface area contributed by atoms with E-state index >= 15 is 0 Å². The highest BCUT2D eigenvalue weighted by Crippen LogP contribution is 2.37. The Morgan fingerprint density at radius 2 is 2.00 bits per heavy atom. The van der Waals surface area contributed by atoms with Gasteiger partial charge in [-0.3, -0.25) is 0 Å². The molecule has 2 nitrogen and oxygen atoms in total. The van der Waals surface area contributed by atoms with Gasteiger partial charge in [-0.25, -0.2) is 4.39 Å². The van der Waals surface area contributed by atoms with Gasteiger partial charge in [-0.2, -0.15) is 0 Å². The molecule has 0 aromatic heterocycles. The number of para-hydroxylation sites is 1. The van der Waals surface area contributed by atoms with Crippen LogP contribution in [-0.4, -0.2) is 19.1 Å². The van der Waals surface area contributed by atoms with Crippen LogP contribution in [0.1, 0.15) is 39.2 Å². The van der Waals surface area contributed by atoms with Crippen molar-refractivity contribution < 1.29 is 4.39 Å². The summed E-state index contributed by atoms with van der Waals surface area (Å²) in [7, 11) is 2.01. The van der Waals surface area contributed by atoms with Crippen LogP contribution < -0.4 is 10.2 Å². The standard InChI is InChI=1S/C16H25FN2/c1-11(2)18-10-14-6-5-7-15(17)16(14)19(4)12(3)13-8-9-13/h5-7,11-13,18H,8-10H2,1-4H3. The van der Waals surface area contributed by atoms with Crippen LogP contribution in [0.2, 0.25) is 0 Å². The van der Waals surface area contributed by atoms with Gasteiger partial charge in [0.25, 0.3) is 0 Å². The molecule has 1 saturated carbocycles. The summed E-state index contributed by atoms with van der Waals surface area (Å²) in [4.78, 5) is 2.12. The van der Waals surface area contributed by atoms with Crippen LogP contribution >= 0.6 is 0 Å². The van der Waals surface area contributed by atoms with Gasteiger partial charge in [0, 0.05) is 25.7 Å². The second kappa shape index (κ2) is 5.91. The summed E-state index contributed by atoms with van der Waals surface area (Å²) in [6.07, 6.45) is 2.55. The molecule has 0 heterocycles. The number of hydrogen-bond acceptors (Lipinski definition) is 2. The first kappa shape index (κ1) is 14.3. The second-order valence-corrected chi connectivity index (χ2v) is 5.97. The molecule has 1 N–H and O–H groups in total. The summed E-state index contributed by atoms with van der Waals surface area (Å²) in [6.45, 7) is 7.13. The molecule has 1 fully saturated rings. The van der Waals surface area contributed by atoms with Crippen molar-refractivity contribution in [1.29, 1.82) is 0 Å². The summed E-state index contributed by atoms with van der Waals surface area (Å²) >= 11 is 0. The Kier molecular flexibility index (Phi) is 4.46. The van der Waals surface area contributed by atoms with E-state index in [1.54, 1.807) is 12.1 Å². The Bertz CT molecular complexity index is 427. The number of rotatable bonds is 6. The fourth-order valence-corrected chi connectivity index (χ4v) is 2.51. The SMILES string of the molecule is CC(C)NCc1cccc(F)c1N(C)C(C)C1CC1. The van der Waals surface area contributed by atoms with Crippen molar-refractivity contribution in [3.63, 3.8) is 0 Å². The molecule has 1 aliphatic rings. The lowest BCUT2D eigenvalue weighted by Gasteiger charge is -2.29. The van der Waals surface area contributed by atoms with Gasteiger partial charge < -0.3 is 10.2 Å². The van der Waals surface area contributed by atoms with Crippen molar-refractivity contribution in [1.82, 2.24) is 5.32 Å². The van der Waals surface area contributed by atoms with Crippen LogP contribution in [0, 0.1) is 11.7 Å². The number of hydrogen-bond donors (Lipinski definition) is 1. The zero-order chi connectivity index (χ0) is 14.0. The maximum Gasteiger partial charge on any atom is 0.146 e. The van der Waals surface area contributed by atoms with Crippen LogP contribution in [0.15, 0.2) is 18.2 Å². The Morgan fingerprint density at radius 3 is 2.58 bits per heavy atom. The topological polar surface area (TPSA) is 15.3 Å². The third-order valence-corrected chi connectivity index (χ3v) is 4.04. The molecule has 1 atom stereocenters. The monoisotopic (exact) mass is 264 g/mol. The van der Waals surface area contributed by atoms with Crippen LogP contribution in [0.4, 0.5) is 10.1 Å². The highest BCUT2D eigenvalue weighted by atomic mass is 19.1. The lowest BCUT2D eigenvalue weighted by atomic mass is 10.1. The van der Waals surface area contributed by atoms with Gasteiger partial charge in [-0.1, -0.05) is 26.0 Å². The van der Waals surface area contributed by atoms with E-state index in [1.807, 2.05) is 13.1 Å². The van der Waals surface area contributed by atoms with E-state index < -0.39 is 0 Å². The molecule has 0 bridgehead atoms. The fraction of sp³-hybridized carbons (Fsp3) is 0.625. The molecule has 106 valence electrons. The summed E-state index contributed by atoms with van der Waals surface area (Å²) in [5, 5.41) is 3.37. The van der Waals surface area contributed by atoms with E-state index in [0.29, 0.717) is 18.6 Å². The first-order chi connectivity index (χ1) is 9.00. The molecule has 19 heavy (non-hydrogen) atoms. The average molecular weight is 264 g/mol. The van der Waals surface area contributed by atoms with E-state index in [-0.39, 0.29) is 5.82 Å². The van der Waals surface area contributed by atoms with Crippen LogP contribution in [0.5, 0.6) is 0 Å². The molecular formula is C16H25FN2. The van der Waals surface area contributed by atoms with Gasteiger partial charge >= 0.3 is 0 Å². The van der Waals surface area contributed by atoms with Gasteiger partial charge in [0.15, 0.2) is 0 Å². The van der Waals surface area contributed by atoms with Crippen molar-refractivity contribution >= 4 is 5.69 Å². The maximum absolute atomic E-state index is 14.2. The molecule has 2 rings (SSSR count). The van der Waals surface area contributed by atoms with E-state index in [2.05, 4.69) is 31.0 Å². The Labute approximate surface area is 116 Å². The van der Waals surface area contributed by atoms with E-state index in [4.69, 9.17) is 0 Å². The molecule has 0 saturated heterocycles. The molecule has 1 aromatic rings. The minimum Gasteiger partial charge on any atom is -0.369 e. The molecule has 1 aromatic carbocycles. The van der Waals surface area contributed by atoms with E-state index in [1.165, 1.54) is 12.8 Å². The van der Waals surface area contributed by atoms with Gasteiger partial charge in [0.2, 0.25) is 0 Å². The molecule has 1 unspecified atom stereocenters. The van der Waals surface area contributed by atoms with Crippen LogP contribution in [0.25, 0.3) is 0 Å². The average Bonchev–Trinajstić information content (AvgIpc) is 3.19.